The van der Waals surface area contributed by atoms with Crippen molar-refractivity contribution in [3.05, 3.63) is 12.2 Å². The van der Waals surface area contributed by atoms with Crippen molar-refractivity contribution in [1.82, 2.24) is 5.32 Å². The lowest BCUT2D eigenvalue weighted by molar-refractivity contribution is -0.151. The van der Waals surface area contributed by atoms with Gasteiger partial charge in [0.1, 0.15) is 6.10 Å². The molecule has 6 heteroatoms. The molecule has 0 rings (SSSR count). The fraction of sp³-hybridized carbons (Fsp3) is 0.927. The first kappa shape index (κ1) is 59.6. The molecule has 3 N–H and O–H groups in total. The normalized spacial score (nSPS) is 13.2. The van der Waals surface area contributed by atoms with Crippen LogP contribution in [0.5, 0.6) is 0 Å². The molecule has 0 aliphatic carbocycles. The minimum Gasteiger partial charge on any atom is -0.462 e. The standard InChI is InChI=1S/C55H107NO5/c1-4-7-10-13-16-19-21-23-25-26-27-28-29-31-33-36-39-42-45-48-55(60)61-51(46-43-40-37-34-18-15-12-9-6-3)49-54(59)56-52(50-57)53(58)47-44-41-38-35-32-30-24-22-20-17-14-11-8-5-2/h15,18,51-53,57-58H,4-14,16-17,19-50H2,1-3H3,(H,56,59)/b18-15-. The first-order chi connectivity index (χ1) is 30.0. The number of carbonyl (C=O) groups is 2. The van der Waals surface area contributed by atoms with Gasteiger partial charge in [-0.15, -0.1) is 0 Å². The topological polar surface area (TPSA) is 95.9 Å². The maximum absolute atomic E-state index is 13.2. The van der Waals surface area contributed by atoms with Gasteiger partial charge in [-0.25, -0.2) is 0 Å². The van der Waals surface area contributed by atoms with Crippen LogP contribution in [0, 0.1) is 0 Å². The van der Waals surface area contributed by atoms with Gasteiger partial charge in [0.15, 0.2) is 0 Å². The van der Waals surface area contributed by atoms with Crippen molar-refractivity contribution >= 4 is 11.9 Å². The van der Waals surface area contributed by atoms with Crippen LogP contribution in [-0.2, 0) is 14.3 Å². The van der Waals surface area contributed by atoms with Crippen molar-refractivity contribution in [2.45, 2.75) is 322 Å². The predicted molar refractivity (Wildman–Crippen MR) is 264 cm³/mol. The summed E-state index contributed by atoms with van der Waals surface area (Å²) in [5.41, 5.74) is 0. The summed E-state index contributed by atoms with van der Waals surface area (Å²) in [6.45, 7) is 6.47. The Balaban J connectivity index is 4.36. The third kappa shape index (κ3) is 45.0. The maximum Gasteiger partial charge on any atom is 0.306 e. The fourth-order valence-electron chi connectivity index (χ4n) is 8.65. The smallest absolute Gasteiger partial charge is 0.306 e. The number of nitrogens with one attached hydrogen (secondary N) is 1. The Kier molecular flexibility index (Phi) is 48.5. The molecule has 0 saturated heterocycles. The Labute approximate surface area is 380 Å². The summed E-state index contributed by atoms with van der Waals surface area (Å²) in [5, 5.41) is 23.8. The molecule has 61 heavy (non-hydrogen) atoms. The van der Waals surface area contributed by atoms with E-state index in [1.807, 2.05) is 0 Å². The zero-order valence-corrected chi connectivity index (χ0v) is 41.3. The van der Waals surface area contributed by atoms with E-state index in [0.717, 1.165) is 64.2 Å². The number of ether oxygens (including phenoxy) is 1. The average molecular weight is 862 g/mol. The molecular formula is C55H107NO5. The van der Waals surface area contributed by atoms with Gasteiger partial charge in [-0.2, -0.15) is 0 Å². The number of amides is 1. The molecule has 3 unspecified atom stereocenters. The minimum absolute atomic E-state index is 0.0733. The number of rotatable bonds is 50. The van der Waals surface area contributed by atoms with Crippen LogP contribution >= 0.6 is 0 Å². The lowest BCUT2D eigenvalue weighted by atomic mass is 10.0. The van der Waals surface area contributed by atoms with Crippen LogP contribution < -0.4 is 5.32 Å². The van der Waals surface area contributed by atoms with Crippen LogP contribution in [0.1, 0.15) is 303 Å². The molecule has 0 aliphatic heterocycles. The summed E-state index contributed by atoms with van der Waals surface area (Å²) < 4.78 is 5.92. The number of aliphatic hydroxyl groups is 2. The van der Waals surface area contributed by atoms with Gasteiger partial charge in [-0.3, -0.25) is 9.59 Å². The Hall–Kier alpha value is -1.40. The van der Waals surface area contributed by atoms with Gasteiger partial charge in [-0.05, 0) is 44.9 Å². The van der Waals surface area contributed by atoms with E-state index < -0.39 is 18.2 Å². The lowest BCUT2D eigenvalue weighted by Gasteiger charge is -2.24. The van der Waals surface area contributed by atoms with Crippen molar-refractivity contribution < 1.29 is 24.5 Å². The van der Waals surface area contributed by atoms with Crippen molar-refractivity contribution in [1.29, 1.82) is 0 Å². The zero-order valence-electron chi connectivity index (χ0n) is 41.3. The van der Waals surface area contributed by atoms with E-state index in [-0.39, 0.29) is 24.9 Å². The van der Waals surface area contributed by atoms with E-state index in [4.69, 9.17) is 4.74 Å². The molecule has 0 aromatic carbocycles. The molecule has 3 atom stereocenters. The summed E-state index contributed by atoms with van der Waals surface area (Å²) >= 11 is 0. The minimum atomic E-state index is -0.785. The molecule has 0 aromatic rings. The molecule has 0 aliphatic rings. The first-order valence-electron chi connectivity index (χ1n) is 27.4. The van der Waals surface area contributed by atoms with Gasteiger partial charge in [0.2, 0.25) is 5.91 Å². The number of hydrogen-bond acceptors (Lipinski definition) is 5. The highest BCUT2D eigenvalue weighted by Gasteiger charge is 2.24. The Bertz CT molecular complexity index is 924. The molecule has 0 aromatic heterocycles. The lowest BCUT2D eigenvalue weighted by Crippen LogP contribution is -2.46. The number of allylic oxidation sites excluding steroid dienone is 2. The molecule has 6 nitrogen and oxygen atoms in total. The highest BCUT2D eigenvalue weighted by molar-refractivity contribution is 5.77. The fourth-order valence-corrected chi connectivity index (χ4v) is 8.65. The first-order valence-corrected chi connectivity index (χ1v) is 27.4. The van der Waals surface area contributed by atoms with Crippen molar-refractivity contribution in [3.8, 4) is 0 Å². The van der Waals surface area contributed by atoms with E-state index in [2.05, 4.69) is 38.2 Å². The largest absolute Gasteiger partial charge is 0.462 e. The third-order valence-electron chi connectivity index (χ3n) is 12.8. The number of hydrogen-bond donors (Lipinski definition) is 3. The summed E-state index contributed by atoms with van der Waals surface area (Å²) in [6.07, 6.45) is 55.7. The highest BCUT2D eigenvalue weighted by Crippen LogP contribution is 2.19. The summed E-state index contributed by atoms with van der Waals surface area (Å²) in [5.74, 6) is -0.473. The van der Waals surface area contributed by atoms with E-state index >= 15 is 0 Å². The summed E-state index contributed by atoms with van der Waals surface area (Å²) in [6, 6.07) is -0.699. The highest BCUT2D eigenvalue weighted by atomic mass is 16.5. The quantitative estimate of drug-likeness (QED) is 0.0322. The number of esters is 1. The number of unbranched alkanes of at least 4 members (excludes halogenated alkanes) is 36. The third-order valence-corrected chi connectivity index (χ3v) is 12.8. The van der Waals surface area contributed by atoms with Gasteiger partial charge in [-0.1, -0.05) is 258 Å². The number of carbonyl (C=O) groups excluding carboxylic acids is 2. The average Bonchev–Trinajstić information content (AvgIpc) is 3.25. The Morgan fingerprint density at radius 3 is 1.21 bits per heavy atom. The monoisotopic (exact) mass is 862 g/mol. The van der Waals surface area contributed by atoms with Gasteiger partial charge in [0, 0.05) is 6.42 Å². The van der Waals surface area contributed by atoms with Crippen LogP contribution in [-0.4, -0.2) is 46.9 Å². The van der Waals surface area contributed by atoms with Crippen molar-refractivity contribution in [2.24, 2.45) is 0 Å². The second-order valence-electron chi connectivity index (χ2n) is 19.0. The van der Waals surface area contributed by atoms with Crippen LogP contribution in [0.15, 0.2) is 12.2 Å². The van der Waals surface area contributed by atoms with Crippen molar-refractivity contribution in [2.75, 3.05) is 6.61 Å². The van der Waals surface area contributed by atoms with Crippen LogP contribution in [0.3, 0.4) is 0 Å². The second-order valence-corrected chi connectivity index (χ2v) is 19.0. The van der Waals surface area contributed by atoms with E-state index in [0.29, 0.717) is 19.3 Å². The SMILES string of the molecule is CCCC/C=C\CCCCCC(CC(=O)NC(CO)C(O)CCCCCCCCCCCCCCCC)OC(=O)CCCCCCCCCCCCCCCCCCCCC. The van der Waals surface area contributed by atoms with Gasteiger partial charge in [0.25, 0.3) is 0 Å². The van der Waals surface area contributed by atoms with Crippen LogP contribution in [0.25, 0.3) is 0 Å². The molecule has 0 fully saturated rings. The Morgan fingerprint density at radius 2 is 0.803 bits per heavy atom. The predicted octanol–water partition coefficient (Wildman–Crippen LogP) is 16.5. The molecular weight excluding hydrogens is 755 g/mol. The molecule has 0 radical (unpaired) electrons. The van der Waals surface area contributed by atoms with Gasteiger partial charge in [0.05, 0.1) is 25.2 Å². The van der Waals surface area contributed by atoms with E-state index in [1.165, 1.54) is 193 Å². The summed E-state index contributed by atoms with van der Waals surface area (Å²) in [4.78, 5) is 26.1. The number of aliphatic hydroxyl groups excluding tert-OH is 2. The van der Waals surface area contributed by atoms with Gasteiger partial charge >= 0.3 is 5.97 Å². The van der Waals surface area contributed by atoms with Gasteiger partial charge < -0.3 is 20.3 Å². The molecule has 0 heterocycles. The molecule has 0 spiro atoms. The Morgan fingerprint density at radius 1 is 0.459 bits per heavy atom. The van der Waals surface area contributed by atoms with Crippen LogP contribution in [0.4, 0.5) is 0 Å². The van der Waals surface area contributed by atoms with E-state index in [1.54, 1.807) is 0 Å². The zero-order chi connectivity index (χ0) is 44.5. The van der Waals surface area contributed by atoms with E-state index in [9.17, 15) is 19.8 Å². The second kappa shape index (κ2) is 49.6. The molecule has 1 amide bonds. The molecule has 362 valence electrons. The maximum atomic E-state index is 13.2. The summed E-state index contributed by atoms with van der Waals surface area (Å²) in [7, 11) is 0. The van der Waals surface area contributed by atoms with Crippen molar-refractivity contribution in [3.63, 3.8) is 0 Å². The molecule has 0 saturated carbocycles. The molecule has 0 bridgehead atoms. The van der Waals surface area contributed by atoms with Crippen LogP contribution in [0.2, 0.25) is 0 Å².